The highest BCUT2D eigenvalue weighted by molar-refractivity contribution is 7.11. The van der Waals surface area contributed by atoms with Crippen LogP contribution in [0.4, 0.5) is 0 Å². The second-order valence-corrected chi connectivity index (χ2v) is 7.18. The molecule has 2 heterocycles. The summed E-state index contributed by atoms with van der Waals surface area (Å²) in [6.07, 6.45) is 4.44. The lowest BCUT2D eigenvalue weighted by atomic mass is 9.97. The summed E-state index contributed by atoms with van der Waals surface area (Å²) < 4.78 is 5.13. The van der Waals surface area contributed by atoms with Crippen LogP contribution in [0.1, 0.15) is 36.6 Å². The minimum atomic E-state index is -0.0572. The summed E-state index contributed by atoms with van der Waals surface area (Å²) in [5, 5.41) is 4.49. The van der Waals surface area contributed by atoms with Crippen molar-refractivity contribution < 1.29 is 9.53 Å². The maximum absolute atomic E-state index is 11.8. The number of hydrogen-bond donors (Lipinski definition) is 1. The van der Waals surface area contributed by atoms with Crippen LogP contribution in [0, 0.1) is 12.8 Å². The summed E-state index contributed by atoms with van der Waals surface area (Å²) in [6.45, 7) is 9.71. The van der Waals surface area contributed by atoms with Crippen LogP contribution in [0.25, 0.3) is 0 Å². The zero-order valence-corrected chi connectivity index (χ0v) is 15.7. The number of guanidine groups is 1. The van der Waals surface area contributed by atoms with Gasteiger partial charge in [-0.05, 0) is 33.6 Å². The van der Waals surface area contributed by atoms with Gasteiger partial charge in [-0.2, -0.15) is 0 Å². The van der Waals surface area contributed by atoms with Crippen LogP contribution < -0.4 is 5.32 Å². The number of carbonyl (C=O) groups excluding carboxylic acids is 1. The lowest BCUT2D eigenvalue weighted by molar-refractivity contribution is -0.149. The van der Waals surface area contributed by atoms with Crippen LogP contribution in [-0.2, 0) is 16.0 Å². The Bertz CT molecular complexity index is 551. The van der Waals surface area contributed by atoms with E-state index in [1.807, 2.05) is 13.1 Å². The number of nitrogens with one attached hydrogen (secondary N) is 1. The quantitative estimate of drug-likeness (QED) is 0.483. The summed E-state index contributed by atoms with van der Waals surface area (Å²) in [5.41, 5.74) is 0. The number of nitrogens with zero attached hydrogens (tertiary/aromatic N) is 3. The van der Waals surface area contributed by atoms with E-state index in [9.17, 15) is 4.79 Å². The van der Waals surface area contributed by atoms with E-state index >= 15 is 0 Å². The first-order valence-corrected chi connectivity index (χ1v) is 9.56. The third kappa shape index (κ3) is 5.47. The van der Waals surface area contributed by atoms with Crippen LogP contribution in [0.15, 0.2) is 11.2 Å². The van der Waals surface area contributed by atoms with Gasteiger partial charge in [0.1, 0.15) is 0 Å². The van der Waals surface area contributed by atoms with Gasteiger partial charge in [-0.3, -0.25) is 9.79 Å². The SMILES string of the molecule is CCNC(=NCCc1ncc(C)s1)N1CCC(C(=O)OCC)CC1. The molecular weight excluding hydrogens is 324 g/mol. The van der Waals surface area contributed by atoms with Gasteiger partial charge in [0.05, 0.1) is 17.5 Å². The number of hydrogen-bond acceptors (Lipinski definition) is 5. The standard InChI is InChI=1S/C17H28N4O2S/c1-4-18-17(19-9-6-15-20-12-13(3)24-15)21-10-7-14(8-11-21)16(22)23-5-2/h12,14H,4-11H2,1-3H3,(H,18,19). The molecule has 0 unspecified atom stereocenters. The Morgan fingerprint density at radius 1 is 1.46 bits per heavy atom. The molecule has 0 atom stereocenters. The van der Waals surface area contributed by atoms with Crippen molar-refractivity contribution >= 4 is 23.3 Å². The predicted molar refractivity (Wildman–Crippen MR) is 97.5 cm³/mol. The normalized spacial score (nSPS) is 16.3. The Balaban J connectivity index is 1.86. The fraction of sp³-hybridized carbons (Fsp3) is 0.706. The van der Waals surface area contributed by atoms with E-state index in [1.54, 1.807) is 11.3 Å². The minimum absolute atomic E-state index is 0.0300. The number of aliphatic imine (C=N–C) groups is 1. The second-order valence-electron chi connectivity index (χ2n) is 5.86. The largest absolute Gasteiger partial charge is 0.466 e. The van der Waals surface area contributed by atoms with E-state index in [0.29, 0.717) is 6.61 Å². The highest BCUT2D eigenvalue weighted by atomic mass is 32.1. The summed E-state index contributed by atoms with van der Waals surface area (Å²) in [7, 11) is 0. The molecule has 1 saturated heterocycles. The van der Waals surface area contributed by atoms with Gasteiger partial charge in [0.25, 0.3) is 0 Å². The third-order valence-electron chi connectivity index (χ3n) is 4.01. The predicted octanol–water partition coefficient (Wildman–Crippen LogP) is 2.23. The van der Waals surface area contributed by atoms with Crippen LogP contribution in [-0.4, -0.2) is 54.6 Å². The van der Waals surface area contributed by atoms with Crippen molar-refractivity contribution in [3.05, 3.63) is 16.1 Å². The molecule has 134 valence electrons. The third-order valence-corrected chi connectivity index (χ3v) is 4.98. The van der Waals surface area contributed by atoms with Gasteiger partial charge in [0, 0.05) is 43.7 Å². The zero-order chi connectivity index (χ0) is 17.4. The van der Waals surface area contributed by atoms with Gasteiger partial charge in [0.15, 0.2) is 5.96 Å². The molecule has 1 aromatic rings. The van der Waals surface area contributed by atoms with Crippen LogP contribution in [0.5, 0.6) is 0 Å². The molecule has 0 spiro atoms. The van der Waals surface area contributed by atoms with Crippen LogP contribution in [0.2, 0.25) is 0 Å². The van der Waals surface area contributed by atoms with Crippen molar-refractivity contribution in [2.75, 3.05) is 32.8 Å². The van der Waals surface area contributed by atoms with Gasteiger partial charge in [0.2, 0.25) is 0 Å². The average molecular weight is 353 g/mol. The molecule has 0 aromatic carbocycles. The molecule has 0 saturated carbocycles. The van der Waals surface area contributed by atoms with Crippen molar-refractivity contribution in [1.29, 1.82) is 0 Å². The number of piperidine rings is 1. The van der Waals surface area contributed by atoms with Gasteiger partial charge in [-0.15, -0.1) is 11.3 Å². The Morgan fingerprint density at radius 3 is 2.79 bits per heavy atom. The number of esters is 1. The minimum Gasteiger partial charge on any atom is -0.466 e. The van der Waals surface area contributed by atoms with E-state index in [2.05, 4.69) is 29.0 Å². The highest BCUT2D eigenvalue weighted by Crippen LogP contribution is 2.19. The first kappa shape index (κ1) is 18.7. The zero-order valence-electron chi connectivity index (χ0n) is 14.9. The second kappa shape index (κ2) is 9.61. The van der Waals surface area contributed by atoms with Crippen LogP contribution in [0.3, 0.4) is 0 Å². The summed E-state index contributed by atoms with van der Waals surface area (Å²) in [6, 6.07) is 0. The van der Waals surface area contributed by atoms with E-state index in [1.165, 1.54) is 4.88 Å². The fourth-order valence-electron chi connectivity index (χ4n) is 2.79. The molecule has 1 fully saturated rings. The Hall–Kier alpha value is -1.63. The number of aryl methyl sites for hydroxylation is 1. The van der Waals surface area contributed by atoms with Crippen molar-refractivity contribution in [3.8, 4) is 0 Å². The number of ether oxygens (including phenoxy) is 1. The topological polar surface area (TPSA) is 66.8 Å². The van der Waals surface area contributed by atoms with Crippen molar-refractivity contribution in [1.82, 2.24) is 15.2 Å². The monoisotopic (exact) mass is 352 g/mol. The smallest absolute Gasteiger partial charge is 0.309 e. The number of thiazole rings is 1. The maximum Gasteiger partial charge on any atom is 0.309 e. The van der Waals surface area contributed by atoms with Crippen molar-refractivity contribution in [2.45, 2.75) is 40.0 Å². The molecule has 6 nitrogen and oxygen atoms in total. The van der Waals surface area contributed by atoms with Crippen molar-refractivity contribution in [2.24, 2.45) is 10.9 Å². The van der Waals surface area contributed by atoms with Gasteiger partial charge in [-0.1, -0.05) is 0 Å². The molecule has 2 rings (SSSR count). The average Bonchev–Trinajstić information content (AvgIpc) is 3.00. The number of rotatable bonds is 6. The molecule has 1 aliphatic heterocycles. The first-order valence-electron chi connectivity index (χ1n) is 8.75. The Kier molecular flexibility index (Phi) is 7.49. The molecule has 0 radical (unpaired) electrons. The van der Waals surface area contributed by atoms with Gasteiger partial charge in [-0.25, -0.2) is 4.98 Å². The highest BCUT2D eigenvalue weighted by Gasteiger charge is 2.27. The van der Waals surface area contributed by atoms with Gasteiger partial charge < -0.3 is 15.0 Å². The lowest BCUT2D eigenvalue weighted by Gasteiger charge is -2.33. The van der Waals surface area contributed by atoms with E-state index in [0.717, 1.165) is 56.4 Å². The molecule has 0 bridgehead atoms. The molecule has 7 heteroatoms. The first-order chi connectivity index (χ1) is 11.6. The molecule has 1 aliphatic rings. The van der Waals surface area contributed by atoms with Crippen molar-refractivity contribution in [3.63, 3.8) is 0 Å². The number of likely N-dealkylation sites (tertiary alicyclic amines) is 1. The van der Waals surface area contributed by atoms with E-state index in [-0.39, 0.29) is 11.9 Å². The fourth-order valence-corrected chi connectivity index (χ4v) is 3.56. The molecule has 24 heavy (non-hydrogen) atoms. The number of carbonyl (C=O) groups is 1. The summed E-state index contributed by atoms with van der Waals surface area (Å²) in [5.74, 6) is 0.911. The Morgan fingerprint density at radius 2 is 2.21 bits per heavy atom. The molecular formula is C17H28N4O2S. The van der Waals surface area contributed by atoms with E-state index in [4.69, 9.17) is 9.73 Å². The summed E-state index contributed by atoms with van der Waals surface area (Å²) in [4.78, 5) is 24.4. The summed E-state index contributed by atoms with van der Waals surface area (Å²) >= 11 is 1.73. The molecule has 1 N–H and O–H groups in total. The Labute approximate surface area is 148 Å². The van der Waals surface area contributed by atoms with Gasteiger partial charge >= 0.3 is 5.97 Å². The maximum atomic E-state index is 11.8. The molecule has 0 aliphatic carbocycles. The number of aromatic nitrogens is 1. The molecule has 0 amide bonds. The lowest BCUT2D eigenvalue weighted by Crippen LogP contribution is -2.46. The van der Waals surface area contributed by atoms with Crippen LogP contribution >= 0.6 is 11.3 Å². The van der Waals surface area contributed by atoms with E-state index < -0.39 is 0 Å². The molecule has 1 aromatic heterocycles.